The van der Waals surface area contributed by atoms with Crippen molar-refractivity contribution in [1.82, 2.24) is 29.6 Å². The summed E-state index contributed by atoms with van der Waals surface area (Å²) in [7, 11) is -9.90. The molecule has 0 radical (unpaired) electrons. The second-order valence-electron chi connectivity index (χ2n) is 8.13. The van der Waals surface area contributed by atoms with Gasteiger partial charge in [-0.15, -0.1) is 11.3 Å². The van der Waals surface area contributed by atoms with E-state index in [0.29, 0.717) is 0 Å². The first kappa shape index (κ1) is 29.8. The third-order valence-electron chi connectivity index (χ3n) is 4.85. The number of hydrogen-bond acceptors (Lipinski definition) is 15. The van der Waals surface area contributed by atoms with Crippen LogP contribution in [0.1, 0.15) is 25.2 Å². The molecule has 2 unspecified atom stereocenters. The summed E-state index contributed by atoms with van der Waals surface area (Å²) < 4.78 is 67.3. The van der Waals surface area contributed by atoms with E-state index in [1.165, 1.54) is 5.38 Å². The second kappa shape index (κ2) is 10.8. The molecule has 1 fully saturated rings. The summed E-state index contributed by atoms with van der Waals surface area (Å²) in [6.07, 6.45) is 1.01. The van der Waals surface area contributed by atoms with Crippen molar-refractivity contribution in [2.75, 3.05) is 5.73 Å². The Hall–Kier alpha value is -3.77. The largest absolute Gasteiger partial charge is 0.478 e. The number of rotatable bonds is 12. The van der Waals surface area contributed by atoms with Crippen LogP contribution in [-0.4, -0.2) is 96.5 Å². The van der Waals surface area contributed by atoms with Crippen LogP contribution < -0.4 is 11.1 Å². The number of β-lactam (4-membered cyclic amide) rings is 1. The molecule has 6 N–H and O–H groups in total. The summed E-state index contributed by atoms with van der Waals surface area (Å²) >= 11 is 0.906. The van der Waals surface area contributed by atoms with E-state index in [2.05, 4.69) is 29.8 Å². The molecule has 39 heavy (non-hydrogen) atoms. The minimum absolute atomic E-state index is 0.0108. The Morgan fingerprint density at radius 3 is 2.49 bits per heavy atom. The molecule has 1 saturated heterocycles. The third kappa shape index (κ3) is 7.21. The summed E-state index contributed by atoms with van der Waals surface area (Å²) in [6.45, 7) is 1.02. The van der Waals surface area contributed by atoms with Gasteiger partial charge in [-0.1, -0.05) is 5.16 Å². The molecule has 0 bridgehead atoms. The fourth-order valence-corrected chi connectivity index (χ4v) is 4.63. The maximum Gasteiger partial charge on any atom is 0.397 e. The molecule has 3 heterocycles. The molecule has 23 heteroatoms. The SMILES string of the molecule is CC(C)(O/N=C(\C(=O)NC1C(=O)N(S(=O)(=O)O)C1Cn1ncc(COS(=O)(=O)O)n1)c1csc(N)n1)C(=O)O. The molecule has 2 aromatic heterocycles. The van der Waals surface area contributed by atoms with Crippen LogP contribution in [0.3, 0.4) is 0 Å². The third-order valence-corrected chi connectivity index (χ3v) is 6.89. The maximum atomic E-state index is 13.1. The van der Waals surface area contributed by atoms with Crippen LogP contribution in [0.5, 0.6) is 0 Å². The van der Waals surface area contributed by atoms with Crippen molar-refractivity contribution in [3.8, 4) is 0 Å². The van der Waals surface area contributed by atoms with E-state index >= 15 is 0 Å². The first-order valence-corrected chi connectivity index (χ1v) is 13.9. The van der Waals surface area contributed by atoms with Crippen molar-refractivity contribution in [2.45, 2.75) is 44.7 Å². The normalized spacial score (nSPS) is 18.5. The predicted molar refractivity (Wildman–Crippen MR) is 126 cm³/mol. The number of nitrogens with one attached hydrogen (secondary N) is 1. The highest BCUT2D eigenvalue weighted by Crippen LogP contribution is 2.25. The number of carbonyl (C=O) groups excluding carboxylic acids is 2. The Bertz CT molecular complexity index is 1530. The average molecular weight is 613 g/mol. The molecule has 0 aliphatic carbocycles. The van der Waals surface area contributed by atoms with Crippen molar-refractivity contribution >= 4 is 60.7 Å². The first-order chi connectivity index (χ1) is 17.9. The molecule has 0 saturated carbocycles. The highest BCUT2D eigenvalue weighted by atomic mass is 32.3. The lowest BCUT2D eigenvalue weighted by Crippen LogP contribution is -2.73. The van der Waals surface area contributed by atoms with Crippen molar-refractivity contribution in [1.29, 1.82) is 0 Å². The fraction of sp³-hybridized carbons (Fsp3) is 0.438. The molecule has 2 amide bonds. The van der Waals surface area contributed by atoms with Gasteiger partial charge in [0.25, 0.3) is 11.8 Å². The standard InChI is InChI=1S/C16H20N8O12S3/c1-16(2,14(27)28)36-22-10(8-6-37-15(17)19-8)12(25)20-11-9(24(13(11)26)38(29,30)31)4-23-18-3-7(21-23)5-35-39(32,33)34/h3,6,9,11H,4-5H2,1-2H3,(H2,17,19)(H,20,25)(H,27,28)(H,29,30,31)(H,32,33,34)/b22-10-. The van der Waals surface area contributed by atoms with E-state index in [1.807, 2.05) is 0 Å². The van der Waals surface area contributed by atoms with E-state index in [-0.39, 0.29) is 20.8 Å². The number of aliphatic carboxylic acids is 1. The Morgan fingerprint density at radius 2 is 1.95 bits per heavy atom. The number of carboxylic acid groups (broad SMARTS) is 1. The predicted octanol–water partition coefficient (Wildman–Crippen LogP) is -2.58. The van der Waals surface area contributed by atoms with Gasteiger partial charge in [-0.2, -0.15) is 31.8 Å². The quantitative estimate of drug-likeness (QED) is 0.0711. The van der Waals surface area contributed by atoms with Crippen LogP contribution in [0.2, 0.25) is 0 Å². The number of nitrogen functional groups attached to an aromatic ring is 1. The van der Waals surface area contributed by atoms with Crippen LogP contribution in [0.15, 0.2) is 16.7 Å². The number of thiazole rings is 1. The zero-order valence-electron chi connectivity index (χ0n) is 19.7. The lowest BCUT2D eigenvalue weighted by atomic mass is 9.98. The van der Waals surface area contributed by atoms with Gasteiger partial charge in [0.2, 0.25) is 5.60 Å². The summed E-state index contributed by atoms with van der Waals surface area (Å²) in [4.78, 5) is 46.6. The summed E-state index contributed by atoms with van der Waals surface area (Å²) in [5.74, 6) is -3.81. The Morgan fingerprint density at radius 1 is 1.28 bits per heavy atom. The molecule has 0 aromatic carbocycles. The molecule has 2 aromatic rings. The molecule has 1 aliphatic heterocycles. The van der Waals surface area contributed by atoms with Gasteiger partial charge in [0.1, 0.15) is 30.1 Å². The van der Waals surface area contributed by atoms with Gasteiger partial charge >= 0.3 is 26.7 Å². The number of anilines is 1. The van der Waals surface area contributed by atoms with Gasteiger partial charge in [0, 0.05) is 5.38 Å². The molecular weight excluding hydrogens is 592 g/mol. The minimum Gasteiger partial charge on any atom is -0.478 e. The van der Waals surface area contributed by atoms with Crippen LogP contribution in [0.4, 0.5) is 5.13 Å². The number of nitrogens with two attached hydrogens (primary N) is 1. The van der Waals surface area contributed by atoms with Gasteiger partial charge in [-0.3, -0.25) is 18.7 Å². The molecule has 0 spiro atoms. The van der Waals surface area contributed by atoms with Crippen LogP contribution >= 0.6 is 11.3 Å². The molecular formula is C16H20N8O12S3. The number of carbonyl (C=O) groups is 3. The number of carboxylic acids is 1. The van der Waals surface area contributed by atoms with Crippen molar-refractivity contribution in [2.24, 2.45) is 5.16 Å². The summed E-state index contributed by atoms with van der Waals surface area (Å²) in [6, 6.07) is -3.09. The highest BCUT2D eigenvalue weighted by molar-refractivity contribution is 7.84. The number of nitrogens with zero attached hydrogens (tertiary/aromatic N) is 6. The average Bonchev–Trinajstić information content (AvgIpc) is 3.43. The Labute approximate surface area is 223 Å². The van der Waals surface area contributed by atoms with Crippen LogP contribution in [0.25, 0.3) is 0 Å². The summed E-state index contributed by atoms with van der Waals surface area (Å²) in [5.41, 5.74) is 2.83. The lowest BCUT2D eigenvalue weighted by Gasteiger charge is -2.43. The Balaban J connectivity index is 1.85. The monoisotopic (exact) mass is 612 g/mol. The van der Waals surface area contributed by atoms with E-state index in [9.17, 15) is 40.9 Å². The molecule has 214 valence electrons. The van der Waals surface area contributed by atoms with E-state index in [0.717, 1.165) is 36.2 Å². The molecule has 2 atom stereocenters. The number of amides is 2. The fourth-order valence-electron chi connectivity index (χ4n) is 2.94. The zero-order valence-corrected chi connectivity index (χ0v) is 22.2. The maximum absolute atomic E-state index is 13.1. The van der Waals surface area contributed by atoms with E-state index in [4.69, 9.17) is 15.1 Å². The van der Waals surface area contributed by atoms with Gasteiger partial charge in [0.15, 0.2) is 10.8 Å². The van der Waals surface area contributed by atoms with E-state index < -0.39 is 75.0 Å². The first-order valence-electron chi connectivity index (χ1n) is 10.2. The van der Waals surface area contributed by atoms with Gasteiger partial charge in [-0.05, 0) is 13.8 Å². The lowest BCUT2D eigenvalue weighted by molar-refractivity contribution is -0.161. The van der Waals surface area contributed by atoms with Crippen LogP contribution in [0, 0.1) is 0 Å². The second-order valence-corrected chi connectivity index (χ2v) is 11.4. The zero-order chi connectivity index (χ0) is 29.3. The van der Waals surface area contributed by atoms with Crippen LogP contribution in [-0.2, 0) is 57.3 Å². The number of oxime groups is 1. The molecule has 20 nitrogen and oxygen atoms in total. The molecule has 1 aliphatic rings. The number of hydrogen-bond donors (Lipinski definition) is 5. The Kier molecular flexibility index (Phi) is 8.23. The van der Waals surface area contributed by atoms with Gasteiger partial charge < -0.3 is 21.0 Å². The number of aromatic nitrogens is 4. The topological polar surface area (TPSA) is 296 Å². The van der Waals surface area contributed by atoms with E-state index in [1.54, 1.807) is 0 Å². The summed E-state index contributed by atoms with van der Waals surface area (Å²) in [5, 5.41) is 23.9. The van der Waals surface area contributed by atoms with Crippen molar-refractivity contribution in [3.63, 3.8) is 0 Å². The van der Waals surface area contributed by atoms with Crippen molar-refractivity contribution < 1.29 is 54.5 Å². The minimum atomic E-state index is -5.11. The van der Waals surface area contributed by atoms with Gasteiger partial charge in [0.05, 0.1) is 12.7 Å². The van der Waals surface area contributed by atoms with Crippen molar-refractivity contribution in [3.05, 3.63) is 23.0 Å². The smallest absolute Gasteiger partial charge is 0.397 e. The highest BCUT2D eigenvalue weighted by Gasteiger charge is 2.54. The molecule has 3 rings (SSSR count). The van der Waals surface area contributed by atoms with Gasteiger partial charge in [-0.25, -0.2) is 18.3 Å².